The van der Waals surface area contributed by atoms with Crippen molar-refractivity contribution in [2.45, 2.75) is 70.8 Å². The zero-order chi connectivity index (χ0) is 18.3. The van der Waals surface area contributed by atoms with E-state index >= 15 is 0 Å². The van der Waals surface area contributed by atoms with Crippen LogP contribution in [0.2, 0.25) is 11.5 Å². The molecule has 0 aliphatic rings. The van der Waals surface area contributed by atoms with Gasteiger partial charge in [-0.25, -0.2) is 0 Å². The molecule has 0 spiro atoms. The van der Waals surface area contributed by atoms with E-state index in [1.54, 1.807) is 4.40 Å². The monoisotopic (exact) mass is 565 g/mol. The average molecular weight is 563 g/mol. The molecule has 0 radical (unpaired) electrons. The van der Waals surface area contributed by atoms with Crippen LogP contribution in [0.1, 0.15) is 59.3 Å². The van der Waals surface area contributed by atoms with E-state index in [0.717, 1.165) is 38.5 Å². The molecule has 0 unspecified atom stereocenters. The third kappa shape index (κ3) is 34.1. The third-order valence-corrected chi connectivity index (χ3v) is 6.55. The molecule has 0 heterocycles. The van der Waals surface area contributed by atoms with Gasteiger partial charge in [-0.2, -0.15) is 19.6 Å². The van der Waals surface area contributed by atoms with Crippen LogP contribution in [0.25, 0.3) is 17.2 Å². The van der Waals surface area contributed by atoms with Gasteiger partial charge in [0, 0.05) is 0 Å². The molecule has 24 heavy (non-hydrogen) atoms. The van der Waals surface area contributed by atoms with Gasteiger partial charge >= 0.3 is 80.4 Å². The van der Waals surface area contributed by atoms with Crippen LogP contribution in [0.3, 0.4) is 0 Å². The quantitative estimate of drug-likeness (QED) is 0.265. The minimum atomic E-state index is -0.888. The van der Waals surface area contributed by atoms with Crippen LogP contribution in [0.5, 0.6) is 0 Å². The summed E-state index contributed by atoms with van der Waals surface area (Å²) >= 11 is -0.888. The summed E-state index contributed by atoms with van der Waals surface area (Å²) in [5, 5.41) is 0. The van der Waals surface area contributed by atoms with Crippen molar-refractivity contribution in [2.75, 3.05) is 19.6 Å². The second-order valence-electron chi connectivity index (χ2n) is 5.68. The largest absolute Gasteiger partial charge is 4.00 e. The van der Waals surface area contributed by atoms with Gasteiger partial charge in [-0.1, -0.05) is 59.3 Å². The first-order valence-corrected chi connectivity index (χ1v) is 15.3. The first-order valence-electron chi connectivity index (χ1n) is 9.20. The van der Waals surface area contributed by atoms with Gasteiger partial charge in [0.05, 0.1) is 0 Å². The number of hydrogen-bond acceptors (Lipinski definition) is 0. The Kier molecular flexibility index (Phi) is 42.3. The third-order valence-electron chi connectivity index (χ3n) is 2.95. The molecule has 0 aliphatic heterocycles. The molecule has 0 aromatic heterocycles. The Bertz CT molecular complexity index is 247. The molecule has 0 bridgehead atoms. The molecule has 0 fully saturated rings. The van der Waals surface area contributed by atoms with E-state index in [2.05, 4.69) is 56.5 Å². The van der Waals surface area contributed by atoms with Crippen LogP contribution in [-0.4, -0.2) is 34.0 Å². The molecular formula is C19H41GeHfN3. The molecule has 3 nitrogen and oxygen atoms in total. The molecule has 0 aliphatic carbocycles. The number of nitrogens with one attached hydrogen (secondary N) is 3. The van der Waals surface area contributed by atoms with Gasteiger partial charge < -0.3 is 17.2 Å². The molecule has 3 N–H and O–H groups in total. The zero-order valence-electron chi connectivity index (χ0n) is 16.8. The Morgan fingerprint density at radius 3 is 1.08 bits per heavy atom. The SMILES string of the molecule is CCCC[NH-].CCCC[NH-].CCCC[NH-].[CH3][GeH]([CH3])[c-]1cccc1.[Hf+4]. The summed E-state index contributed by atoms with van der Waals surface area (Å²) in [7, 11) is 0. The molecule has 1 aromatic carbocycles. The van der Waals surface area contributed by atoms with E-state index in [4.69, 9.17) is 17.2 Å². The van der Waals surface area contributed by atoms with Crippen molar-refractivity contribution in [3.8, 4) is 0 Å². The molecule has 140 valence electrons. The fourth-order valence-electron chi connectivity index (χ4n) is 1.30. The maximum Gasteiger partial charge on any atom is 4.00 e. The summed E-state index contributed by atoms with van der Waals surface area (Å²) in [6.45, 7) is 8.06. The van der Waals surface area contributed by atoms with Crippen molar-refractivity contribution in [1.29, 1.82) is 0 Å². The van der Waals surface area contributed by atoms with Crippen molar-refractivity contribution >= 4 is 18.7 Å². The topological polar surface area (TPSA) is 71.4 Å². The summed E-state index contributed by atoms with van der Waals surface area (Å²) < 4.78 is 1.62. The van der Waals surface area contributed by atoms with Gasteiger partial charge in [0.1, 0.15) is 0 Å². The Labute approximate surface area is 175 Å². The van der Waals surface area contributed by atoms with Crippen molar-refractivity contribution in [1.82, 2.24) is 0 Å². The van der Waals surface area contributed by atoms with E-state index < -0.39 is 14.3 Å². The van der Waals surface area contributed by atoms with Crippen LogP contribution in [-0.2, 0) is 25.8 Å². The predicted molar refractivity (Wildman–Crippen MR) is 113 cm³/mol. The molecular weight excluding hydrogens is 521 g/mol. The van der Waals surface area contributed by atoms with E-state index in [9.17, 15) is 0 Å². The predicted octanol–water partition coefficient (Wildman–Crippen LogP) is 6.61. The minimum Gasteiger partial charge on any atom is 4.00 e. The Morgan fingerprint density at radius 1 is 0.708 bits per heavy atom. The Morgan fingerprint density at radius 2 is 1.00 bits per heavy atom. The molecule has 1 rings (SSSR count). The standard InChI is InChI=1S/C7H11Ge.3C4H10N.Hf/c1-8(2)7-5-3-4-6-7;3*1-2-3-4-5;/h3-6,8H,1-2H3;3*5H,2-4H2,1H3;/q4*-1;+4. The van der Waals surface area contributed by atoms with Crippen molar-refractivity contribution in [2.24, 2.45) is 0 Å². The van der Waals surface area contributed by atoms with Crippen LogP contribution in [0.4, 0.5) is 0 Å². The van der Waals surface area contributed by atoms with Gasteiger partial charge in [-0.3, -0.25) is 0 Å². The molecule has 0 saturated heterocycles. The Hall–Kier alpha value is 0.643. The fraction of sp³-hybridized carbons (Fsp3) is 0.737. The number of rotatable bonds is 7. The summed E-state index contributed by atoms with van der Waals surface area (Å²) in [4.78, 5) is 0. The van der Waals surface area contributed by atoms with Crippen molar-refractivity contribution in [3.63, 3.8) is 0 Å². The maximum absolute atomic E-state index is 6.60. The summed E-state index contributed by atoms with van der Waals surface area (Å²) in [5.41, 5.74) is 19.8. The normalized spacial score (nSPS) is 8.71. The van der Waals surface area contributed by atoms with Gasteiger partial charge in [0.15, 0.2) is 0 Å². The fourth-order valence-corrected chi connectivity index (χ4v) is 3.39. The average Bonchev–Trinajstić information content (AvgIpc) is 3.06. The molecule has 5 heteroatoms. The van der Waals surface area contributed by atoms with Crippen LogP contribution in [0, 0.1) is 0 Å². The second-order valence-corrected chi connectivity index (χ2v) is 11.9. The minimum absolute atomic E-state index is 0. The van der Waals surface area contributed by atoms with Crippen LogP contribution >= 0.6 is 0 Å². The van der Waals surface area contributed by atoms with Crippen molar-refractivity contribution < 1.29 is 25.8 Å². The van der Waals surface area contributed by atoms with E-state index in [0.29, 0.717) is 19.6 Å². The smallest absolute Gasteiger partial charge is 4.00 e. The maximum atomic E-state index is 6.60. The zero-order valence-corrected chi connectivity index (χ0v) is 22.8. The van der Waals surface area contributed by atoms with Crippen LogP contribution < -0.4 is 4.40 Å². The first kappa shape index (κ1) is 32.3. The summed E-state index contributed by atoms with van der Waals surface area (Å²) in [5.74, 6) is 4.78. The molecule has 1 aromatic rings. The summed E-state index contributed by atoms with van der Waals surface area (Å²) in [6.07, 6.45) is 6.64. The van der Waals surface area contributed by atoms with Gasteiger partial charge in [-0.15, -0.1) is 0 Å². The van der Waals surface area contributed by atoms with E-state index in [1.807, 2.05) is 0 Å². The van der Waals surface area contributed by atoms with Crippen molar-refractivity contribution in [3.05, 3.63) is 41.5 Å². The Balaban J connectivity index is -0.000000113. The number of hydrogen-bond donors (Lipinski definition) is 0. The van der Waals surface area contributed by atoms with Gasteiger partial charge in [0.25, 0.3) is 0 Å². The molecule has 0 saturated carbocycles. The first-order chi connectivity index (χ1) is 11.0. The van der Waals surface area contributed by atoms with E-state index in [1.165, 1.54) is 0 Å². The summed E-state index contributed by atoms with van der Waals surface area (Å²) in [6, 6.07) is 8.73. The molecule has 0 atom stereocenters. The molecule has 0 amide bonds. The van der Waals surface area contributed by atoms with Gasteiger partial charge in [0.2, 0.25) is 0 Å². The second kappa shape index (κ2) is 31.4. The van der Waals surface area contributed by atoms with Gasteiger partial charge in [-0.05, 0) is 0 Å². The van der Waals surface area contributed by atoms with Crippen LogP contribution in [0.15, 0.2) is 24.3 Å². The number of unbranched alkanes of at least 4 members (excludes halogenated alkanes) is 3. The van der Waals surface area contributed by atoms with E-state index in [-0.39, 0.29) is 25.8 Å².